The standard InChI is InChI=1S/C21H30N4O4S/c1-6-14(7-2)28-16-12-13(19(26)17-9-8-10-30-17)11-15(24-25-22)18(16)23-20(27)29-21(3,4)5/h8-10,12,14-16,18H,6-7,11H2,1-5H3,(H,23,27)/t15-,16+,18+/m0/s1. The highest BCUT2D eigenvalue weighted by Gasteiger charge is 2.38. The van der Waals surface area contributed by atoms with Gasteiger partial charge in [-0.15, -0.1) is 11.3 Å². The third-order valence-corrected chi connectivity index (χ3v) is 5.61. The summed E-state index contributed by atoms with van der Waals surface area (Å²) >= 11 is 1.36. The van der Waals surface area contributed by atoms with Crippen LogP contribution in [0.2, 0.25) is 0 Å². The molecule has 164 valence electrons. The van der Waals surface area contributed by atoms with E-state index >= 15 is 0 Å². The van der Waals surface area contributed by atoms with Gasteiger partial charge < -0.3 is 14.8 Å². The quantitative estimate of drug-likeness (QED) is 0.255. The van der Waals surface area contributed by atoms with Crippen molar-refractivity contribution in [3.8, 4) is 0 Å². The third-order valence-electron chi connectivity index (χ3n) is 4.74. The van der Waals surface area contributed by atoms with Crippen LogP contribution in [0, 0.1) is 0 Å². The van der Waals surface area contributed by atoms with Gasteiger partial charge in [-0.25, -0.2) is 4.79 Å². The molecule has 30 heavy (non-hydrogen) atoms. The Hall–Kier alpha value is -2.35. The number of azide groups is 1. The molecule has 1 aromatic rings. The average Bonchev–Trinajstić information content (AvgIpc) is 3.20. The number of nitrogens with zero attached hydrogens (tertiary/aromatic N) is 3. The van der Waals surface area contributed by atoms with Gasteiger partial charge in [-0.05, 0) is 63.1 Å². The van der Waals surface area contributed by atoms with Crippen molar-refractivity contribution in [1.29, 1.82) is 0 Å². The Balaban J connectivity index is 2.38. The van der Waals surface area contributed by atoms with E-state index in [1.54, 1.807) is 32.9 Å². The van der Waals surface area contributed by atoms with Gasteiger partial charge in [0.1, 0.15) is 5.60 Å². The average molecular weight is 435 g/mol. The molecule has 0 unspecified atom stereocenters. The van der Waals surface area contributed by atoms with Crippen molar-refractivity contribution in [2.45, 2.75) is 83.8 Å². The fourth-order valence-electron chi connectivity index (χ4n) is 3.30. The largest absolute Gasteiger partial charge is 0.444 e. The normalized spacial score (nSPS) is 21.5. The van der Waals surface area contributed by atoms with E-state index in [0.717, 1.165) is 12.8 Å². The van der Waals surface area contributed by atoms with Crippen LogP contribution in [0.4, 0.5) is 4.79 Å². The minimum atomic E-state index is -0.675. The minimum absolute atomic E-state index is 0.0582. The summed E-state index contributed by atoms with van der Waals surface area (Å²) in [6.07, 6.45) is 2.23. The number of thiophene rings is 1. The molecule has 0 saturated heterocycles. The summed E-state index contributed by atoms with van der Waals surface area (Å²) in [5, 5.41) is 8.52. The Morgan fingerprint density at radius 2 is 2.07 bits per heavy atom. The van der Waals surface area contributed by atoms with E-state index in [2.05, 4.69) is 15.3 Å². The van der Waals surface area contributed by atoms with Gasteiger partial charge in [0.25, 0.3) is 0 Å². The molecular formula is C21H30N4O4S. The number of nitrogens with one attached hydrogen (secondary N) is 1. The van der Waals surface area contributed by atoms with Crippen molar-refractivity contribution in [3.05, 3.63) is 44.5 Å². The van der Waals surface area contributed by atoms with Crippen LogP contribution in [0.3, 0.4) is 0 Å². The smallest absolute Gasteiger partial charge is 0.407 e. The van der Waals surface area contributed by atoms with Crippen molar-refractivity contribution < 1.29 is 19.1 Å². The lowest BCUT2D eigenvalue weighted by Crippen LogP contribution is -2.54. The zero-order valence-electron chi connectivity index (χ0n) is 18.1. The van der Waals surface area contributed by atoms with E-state index < -0.39 is 29.9 Å². The molecule has 1 aliphatic carbocycles. The van der Waals surface area contributed by atoms with Crippen LogP contribution < -0.4 is 5.32 Å². The molecule has 0 aromatic carbocycles. The van der Waals surface area contributed by atoms with Crippen LogP contribution in [0.5, 0.6) is 0 Å². The summed E-state index contributed by atoms with van der Waals surface area (Å²) < 4.78 is 11.6. The predicted octanol–water partition coefficient (Wildman–Crippen LogP) is 5.41. The molecule has 1 N–H and O–H groups in total. The molecule has 1 aromatic heterocycles. The molecule has 0 saturated carbocycles. The first-order valence-electron chi connectivity index (χ1n) is 10.2. The van der Waals surface area contributed by atoms with E-state index in [9.17, 15) is 9.59 Å². The second-order valence-corrected chi connectivity index (χ2v) is 9.13. The Labute approximate surface area is 181 Å². The van der Waals surface area contributed by atoms with Gasteiger partial charge in [0, 0.05) is 10.5 Å². The number of carbonyl (C=O) groups is 2. The number of ketones is 1. The number of Topliss-reactive ketones (excluding diaryl/α,β-unsaturated/α-hetero) is 1. The zero-order valence-corrected chi connectivity index (χ0v) is 18.9. The topological polar surface area (TPSA) is 113 Å². The zero-order chi connectivity index (χ0) is 22.3. The molecule has 1 heterocycles. The number of hydrogen-bond acceptors (Lipinski definition) is 6. The van der Waals surface area contributed by atoms with Crippen molar-refractivity contribution in [3.63, 3.8) is 0 Å². The fraction of sp³-hybridized carbons (Fsp3) is 0.619. The Kier molecular flexibility index (Phi) is 8.46. The van der Waals surface area contributed by atoms with Gasteiger partial charge in [0.2, 0.25) is 0 Å². The molecule has 0 bridgehead atoms. The molecular weight excluding hydrogens is 404 g/mol. The van der Waals surface area contributed by atoms with E-state index in [1.807, 2.05) is 25.3 Å². The summed E-state index contributed by atoms with van der Waals surface area (Å²) in [5.74, 6) is -0.114. The second kappa shape index (κ2) is 10.6. The van der Waals surface area contributed by atoms with Gasteiger partial charge >= 0.3 is 6.09 Å². The van der Waals surface area contributed by atoms with Crippen molar-refractivity contribution in [1.82, 2.24) is 5.32 Å². The number of carbonyl (C=O) groups excluding carboxylic acids is 2. The van der Waals surface area contributed by atoms with Crippen molar-refractivity contribution >= 4 is 23.2 Å². The number of alkyl carbamates (subject to hydrolysis) is 1. The van der Waals surface area contributed by atoms with E-state index in [4.69, 9.17) is 15.0 Å². The Morgan fingerprint density at radius 3 is 2.60 bits per heavy atom. The number of ether oxygens (including phenoxy) is 2. The van der Waals surface area contributed by atoms with Crippen LogP contribution in [0.15, 0.2) is 34.3 Å². The summed E-state index contributed by atoms with van der Waals surface area (Å²) in [6.45, 7) is 9.34. The minimum Gasteiger partial charge on any atom is -0.444 e. The van der Waals surface area contributed by atoms with Gasteiger partial charge in [0.05, 0.1) is 29.2 Å². The van der Waals surface area contributed by atoms with Gasteiger partial charge in [-0.2, -0.15) is 0 Å². The van der Waals surface area contributed by atoms with Crippen molar-refractivity contribution in [2.24, 2.45) is 5.11 Å². The van der Waals surface area contributed by atoms with Crippen LogP contribution in [-0.2, 0) is 9.47 Å². The number of hydrogen-bond donors (Lipinski definition) is 1. The highest BCUT2D eigenvalue weighted by atomic mass is 32.1. The Morgan fingerprint density at radius 1 is 1.37 bits per heavy atom. The summed E-state index contributed by atoms with van der Waals surface area (Å²) in [5.41, 5.74) is 8.95. The maximum atomic E-state index is 12.9. The van der Waals surface area contributed by atoms with Gasteiger partial charge in [-0.3, -0.25) is 4.79 Å². The molecule has 1 amide bonds. The molecule has 3 atom stereocenters. The molecule has 1 aliphatic rings. The van der Waals surface area contributed by atoms with E-state index in [1.165, 1.54) is 11.3 Å². The first kappa shape index (κ1) is 23.9. The maximum Gasteiger partial charge on any atom is 0.407 e. The highest BCUT2D eigenvalue weighted by Crippen LogP contribution is 2.29. The van der Waals surface area contributed by atoms with Crippen LogP contribution >= 0.6 is 11.3 Å². The molecule has 8 nitrogen and oxygen atoms in total. The first-order chi connectivity index (χ1) is 14.2. The second-order valence-electron chi connectivity index (χ2n) is 8.19. The molecule has 0 fully saturated rings. The first-order valence-corrected chi connectivity index (χ1v) is 11.0. The van der Waals surface area contributed by atoms with Crippen molar-refractivity contribution in [2.75, 3.05) is 0 Å². The SMILES string of the molecule is CCC(CC)O[C@@H]1C=C(C(=O)c2cccs2)C[C@H](N=[N+]=[N-])[C@H]1NC(=O)OC(C)(C)C. The van der Waals surface area contributed by atoms with Crippen LogP contribution in [0.25, 0.3) is 10.4 Å². The van der Waals surface area contributed by atoms with E-state index in [0.29, 0.717) is 10.5 Å². The molecule has 0 spiro atoms. The lowest BCUT2D eigenvalue weighted by Gasteiger charge is -2.37. The fourth-order valence-corrected chi connectivity index (χ4v) is 4.00. The Bertz CT molecular complexity index is 805. The molecule has 2 rings (SSSR count). The van der Waals surface area contributed by atoms with Crippen LogP contribution in [0.1, 0.15) is 63.6 Å². The van der Waals surface area contributed by atoms with Gasteiger partial charge in [0.15, 0.2) is 5.78 Å². The highest BCUT2D eigenvalue weighted by molar-refractivity contribution is 7.12. The maximum absolute atomic E-state index is 12.9. The van der Waals surface area contributed by atoms with Gasteiger partial charge in [-0.1, -0.05) is 25.0 Å². The predicted molar refractivity (Wildman–Crippen MR) is 117 cm³/mol. The molecule has 9 heteroatoms. The lowest BCUT2D eigenvalue weighted by molar-refractivity contribution is -0.0204. The van der Waals surface area contributed by atoms with Crippen LogP contribution in [-0.4, -0.2) is 41.8 Å². The monoisotopic (exact) mass is 434 g/mol. The van der Waals surface area contributed by atoms with E-state index in [-0.39, 0.29) is 18.3 Å². The summed E-state index contributed by atoms with van der Waals surface area (Å²) in [6, 6.07) is 2.26. The molecule has 0 aliphatic heterocycles. The summed E-state index contributed by atoms with van der Waals surface area (Å²) in [4.78, 5) is 28.9. The lowest BCUT2D eigenvalue weighted by atomic mass is 9.86. The number of rotatable bonds is 8. The molecule has 0 radical (unpaired) electrons. The number of amides is 1. The third kappa shape index (κ3) is 6.58. The summed E-state index contributed by atoms with van der Waals surface area (Å²) in [7, 11) is 0.